The van der Waals surface area contributed by atoms with Crippen LogP contribution < -0.4 is 5.43 Å². The topological polar surface area (TPSA) is 84.9 Å². The van der Waals surface area contributed by atoms with Gasteiger partial charge in [0.2, 0.25) is 0 Å². The molecule has 2 amide bonds. The number of Topliss-reactive ketones (excluding diaryl/α,β-unsaturated/α-hetero) is 1. The maximum absolute atomic E-state index is 12.8. The molecule has 0 radical (unpaired) electrons. The Balaban J connectivity index is 2.21. The molecule has 0 aromatic heterocycles. The number of nitrogens with zero attached hydrogens (tertiary/aromatic N) is 1. The number of ether oxygens (including phenoxy) is 2. The number of amides is 2. The van der Waals surface area contributed by atoms with E-state index in [1.54, 1.807) is 44.2 Å². The van der Waals surface area contributed by atoms with Gasteiger partial charge in [0.15, 0.2) is 5.78 Å². The number of carbonyl (C=O) groups is 3. The van der Waals surface area contributed by atoms with E-state index in [1.807, 2.05) is 12.1 Å². The van der Waals surface area contributed by atoms with E-state index in [2.05, 4.69) is 5.43 Å². The van der Waals surface area contributed by atoms with Crippen molar-refractivity contribution in [3.05, 3.63) is 48.0 Å². The van der Waals surface area contributed by atoms with Gasteiger partial charge in [-0.25, -0.2) is 20.0 Å². The lowest BCUT2D eigenvalue weighted by Gasteiger charge is -2.31. The van der Waals surface area contributed by atoms with E-state index in [4.69, 9.17) is 9.47 Å². The van der Waals surface area contributed by atoms with Crippen LogP contribution >= 0.6 is 0 Å². The first-order valence-corrected chi connectivity index (χ1v) is 8.23. The Morgan fingerprint density at radius 3 is 2.44 bits per heavy atom. The normalized spacial score (nSPS) is 18.5. The average molecular weight is 346 g/mol. The summed E-state index contributed by atoms with van der Waals surface area (Å²) in [5.41, 5.74) is 2.93. The fourth-order valence-electron chi connectivity index (χ4n) is 2.68. The first kappa shape index (κ1) is 18.5. The molecule has 1 aliphatic carbocycles. The van der Waals surface area contributed by atoms with Crippen molar-refractivity contribution in [2.24, 2.45) is 5.92 Å². The summed E-state index contributed by atoms with van der Waals surface area (Å²) in [4.78, 5) is 36.8. The van der Waals surface area contributed by atoms with E-state index in [-0.39, 0.29) is 19.0 Å². The van der Waals surface area contributed by atoms with Crippen molar-refractivity contribution in [1.82, 2.24) is 10.4 Å². The van der Waals surface area contributed by atoms with Gasteiger partial charge in [0.25, 0.3) is 0 Å². The first-order valence-electron chi connectivity index (χ1n) is 8.23. The molecule has 0 spiro atoms. The molecule has 0 fully saturated rings. The molecule has 134 valence electrons. The second-order valence-corrected chi connectivity index (χ2v) is 5.39. The average Bonchev–Trinajstić information content (AvgIpc) is 3.09. The summed E-state index contributed by atoms with van der Waals surface area (Å²) in [6.45, 7) is 3.64. The van der Waals surface area contributed by atoms with Crippen LogP contribution in [0.25, 0.3) is 0 Å². The molecular formula is C18H22N2O5. The molecule has 0 unspecified atom stereocenters. The minimum absolute atomic E-state index is 0.126. The highest BCUT2D eigenvalue weighted by molar-refractivity contribution is 6.00. The Hall–Kier alpha value is -2.83. The number of rotatable bonds is 5. The monoisotopic (exact) mass is 346 g/mol. The number of carbonyl (C=O) groups excluding carboxylic acids is 3. The first-order chi connectivity index (χ1) is 12.1. The number of hydrazine groups is 1. The molecule has 1 aromatic rings. The molecule has 2 rings (SSSR count). The number of hydrogen-bond donors (Lipinski definition) is 1. The molecule has 25 heavy (non-hydrogen) atoms. The highest BCUT2D eigenvalue weighted by Crippen LogP contribution is 2.27. The maximum Gasteiger partial charge on any atom is 0.429 e. The highest BCUT2D eigenvalue weighted by atomic mass is 16.6. The molecule has 0 heterocycles. The Morgan fingerprint density at radius 1 is 1.12 bits per heavy atom. The lowest BCUT2D eigenvalue weighted by atomic mass is 9.93. The van der Waals surface area contributed by atoms with Crippen LogP contribution in [0.1, 0.15) is 30.6 Å². The zero-order valence-electron chi connectivity index (χ0n) is 14.3. The number of hydrogen-bond acceptors (Lipinski definition) is 5. The van der Waals surface area contributed by atoms with Crippen LogP contribution in [0, 0.1) is 5.92 Å². The van der Waals surface area contributed by atoms with Crippen LogP contribution in [0.3, 0.4) is 0 Å². The van der Waals surface area contributed by atoms with Crippen molar-refractivity contribution in [2.45, 2.75) is 26.3 Å². The summed E-state index contributed by atoms with van der Waals surface area (Å²) >= 11 is 0. The number of nitrogens with one attached hydrogen (secondary N) is 1. The van der Waals surface area contributed by atoms with Gasteiger partial charge < -0.3 is 9.47 Å². The molecule has 0 saturated heterocycles. The van der Waals surface area contributed by atoms with Gasteiger partial charge in [0.05, 0.1) is 25.2 Å². The Labute approximate surface area is 146 Å². The molecule has 1 N–H and O–H groups in total. The molecule has 0 bridgehead atoms. The molecular weight excluding hydrogens is 324 g/mol. The molecule has 2 atom stereocenters. The van der Waals surface area contributed by atoms with Crippen molar-refractivity contribution in [3.8, 4) is 0 Å². The smallest absolute Gasteiger partial charge is 0.429 e. The second kappa shape index (κ2) is 8.86. The summed E-state index contributed by atoms with van der Waals surface area (Å²) in [6.07, 6.45) is 2.49. The Morgan fingerprint density at radius 2 is 1.80 bits per heavy atom. The van der Waals surface area contributed by atoms with E-state index in [9.17, 15) is 14.4 Å². The molecule has 1 aliphatic rings. The van der Waals surface area contributed by atoms with Gasteiger partial charge in [-0.1, -0.05) is 42.5 Å². The molecule has 7 nitrogen and oxygen atoms in total. The second-order valence-electron chi connectivity index (χ2n) is 5.39. The Bertz CT molecular complexity index is 644. The zero-order valence-corrected chi connectivity index (χ0v) is 14.3. The van der Waals surface area contributed by atoms with Crippen LogP contribution in [-0.4, -0.2) is 42.2 Å². The third kappa shape index (κ3) is 4.59. The van der Waals surface area contributed by atoms with Crippen molar-refractivity contribution in [3.63, 3.8) is 0 Å². The van der Waals surface area contributed by atoms with E-state index < -0.39 is 24.1 Å². The SMILES string of the molecule is CCOC(=O)NN(C(=O)OCC)[C@H]1CC=C[C@@H]1C(=O)c1ccccc1. The molecule has 0 aliphatic heterocycles. The summed E-state index contributed by atoms with van der Waals surface area (Å²) in [5, 5.41) is 1.05. The van der Waals surface area contributed by atoms with Gasteiger partial charge >= 0.3 is 12.2 Å². The minimum Gasteiger partial charge on any atom is -0.449 e. The van der Waals surface area contributed by atoms with E-state index >= 15 is 0 Å². The van der Waals surface area contributed by atoms with Gasteiger partial charge in [-0.2, -0.15) is 0 Å². The lowest BCUT2D eigenvalue weighted by molar-refractivity contribution is 0.0464. The van der Waals surface area contributed by atoms with Crippen molar-refractivity contribution in [1.29, 1.82) is 0 Å². The predicted octanol–water partition coefficient (Wildman–Crippen LogP) is 2.93. The summed E-state index contributed by atoms with van der Waals surface area (Å²) in [5.74, 6) is -0.701. The van der Waals surface area contributed by atoms with Crippen LogP contribution in [0.5, 0.6) is 0 Å². The molecule has 0 saturated carbocycles. The van der Waals surface area contributed by atoms with Gasteiger partial charge in [-0.15, -0.1) is 0 Å². The third-order valence-corrected chi connectivity index (χ3v) is 3.78. The summed E-state index contributed by atoms with van der Waals surface area (Å²) in [6, 6.07) is 8.25. The van der Waals surface area contributed by atoms with Gasteiger partial charge in [-0.05, 0) is 20.3 Å². The third-order valence-electron chi connectivity index (χ3n) is 3.78. The summed E-state index contributed by atoms with van der Waals surface area (Å²) in [7, 11) is 0. The molecule has 1 aromatic carbocycles. The standard InChI is InChI=1S/C18H22N2O5/c1-3-24-17(22)19-20(18(23)25-4-2)15-12-8-11-14(15)16(21)13-9-6-5-7-10-13/h5-11,14-15H,3-4,12H2,1-2H3,(H,19,22)/t14-,15-/m0/s1. The van der Waals surface area contributed by atoms with Gasteiger partial charge in [0, 0.05) is 5.56 Å². The van der Waals surface area contributed by atoms with Crippen LogP contribution in [0.4, 0.5) is 9.59 Å². The highest BCUT2D eigenvalue weighted by Gasteiger charge is 2.38. The van der Waals surface area contributed by atoms with E-state index in [1.165, 1.54) is 0 Å². The lowest BCUT2D eigenvalue weighted by Crippen LogP contribution is -2.54. The number of benzene rings is 1. The predicted molar refractivity (Wildman–Crippen MR) is 90.8 cm³/mol. The van der Waals surface area contributed by atoms with Crippen molar-refractivity contribution >= 4 is 18.0 Å². The quantitative estimate of drug-likeness (QED) is 0.503. The summed E-state index contributed by atoms with van der Waals surface area (Å²) < 4.78 is 9.84. The van der Waals surface area contributed by atoms with Gasteiger partial charge in [-0.3, -0.25) is 4.79 Å². The Kier molecular flexibility index (Phi) is 6.56. The van der Waals surface area contributed by atoms with E-state index in [0.717, 1.165) is 5.01 Å². The van der Waals surface area contributed by atoms with Crippen LogP contribution in [0.2, 0.25) is 0 Å². The zero-order chi connectivity index (χ0) is 18.2. The van der Waals surface area contributed by atoms with E-state index in [0.29, 0.717) is 12.0 Å². The van der Waals surface area contributed by atoms with Crippen molar-refractivity contribution in [2.75, 3.05) is 13.2 Å². The van der Waals surface area contributed by atoms with Gasteiger partial charge in [0.1, 0.15) is 0 Å². The van der Waals surface area contributed by atoms with Crippen LogP contribution in [0.15, 0.2) is 42.5 Å². The maximum atomic E-state index is 12.8. The fraction of sp³-hybridized carbons (Fsp3) is 0.389. The molecule has 7 heteroatoms. The minimum atomic E-state index is -0.770. The number of ketones is 1. The van der Waals surface area contributed by atoms with Crippen molar-refractivity contribution < 1.29 is 23.9 Å². The van der Waals surface area contributed by atoms with Crippen LogP contribution in [-0.2, 0) is 9.47 Å². The fourth-order valence-corrected chi connectivity index (χ4v) is 2.68. The largest absolute Gasteiger partial charge is 0.449 e.